The Hall–Kier alpha value is -1.79. The number of carbonyl (C=O) groups excluding carboxylic acids is 2. The molecule has 19 heavy (non-hydrogen) atoms. The van der Waals surface area contributed by atoms with Crippen molar-refractivity contribution in [3.63, 3.8) is 0 Å². The zero-order chi connectivity index (χ0) is 14.4. The fourth-order valence-electron chi connectivity index (χ4n) is 2.03. The molecule has 0 aromatic heterocycles. The summed E-state index contributed by atoms with van der Waals surface area (Å²) in [4.78, 5) is 33.1. The van der Waals surface area contributed by atoms with Crippen molar-refractivity contribution in [1.82, 2.24) is 10.6 Å². The van der Waals surface area contributed by atoms with Crippen LogP contribution in [0, 0.1) is 5.92 Å². The molecule has 0 aromatic carbocycles. The topological polar surface area (TPSA) is 122 Å². The molecule has 1 saturated carbocycles. The number of amides is 3. The number of hydrogen-bond donors (Lipinski definition) is 4. The Kier molecular flexibility index (Phi) is 5.59. The quantitative estimate of drug-likeness (QED) is 0.503. The molecule has 7 heteroatoms. The molecule has 1 aliphatic carbocycles. The summed E-state index contributed by atoms with van der Waals surface area (Å²) in [5, 5.41) is 14.0. The smallest absolute Gasteiger partial charge is 0.326 e. The summed E-state index contributed by atoms with van der Waals surface area (Å²) in [5.41, 5.74) is 4.95. The molecule has 0 heterocycles. The number of carbonyl (C=O) groups is 3. The van der Waals surface area contributed by atoms with E-state index in [1.807, 2.05) is 0 Å². The number of hydrogen-bond acceptors (Lipinski definition) is 3. The van der Waals surface area contributed by atoms with Crippen LogP contribution in [-0.2, 0) is 9.59 Å². The van der Waals surface area contributed by atoms with E-state index in [0.717, 1.165) is 19.3 Å². The molecular weight excluding hydrogens is 250 g/mol. The first-order valence-electron chi connectivity index (χ1n) is 6.52. The van der Waals surface area contributed by atoms with Crippen molar-refractivity contribution in [2.45, 2.75) is 51.1 Å². The second kappa shape index (κ2) is 6.96. The Bertz CT molecular complexity index is 359. The monoisotopic (exact) mass is 271 g/mol. The zero-order valence-electron chi connectivity index (χ0n) is 11.0. The molecule has 5 N–H and O–H groups in total. The van der Waals surface area contributed by atoms with Gasteiger partial charge in [-0.05, 0) is 25.2 Å². The summed E-state index contributed by atoms with van der Waals surface area (Å²) in [5.74, 6) is -1.25. The fraction of sp³-hybridized carbons (Fsp3) is 0.750. The first-order valence-corrected chi connectivity index (χ1v) is 6.52. The Morgan fingerprint density at radius 1 is 1.42 bits per heavy atom. The van der Waals surface area contributed by atoms with E-state index in [1.54, 1.807) is 0 Å². The average molecular weight is 271 g/mol. The lowest BCUT2D eigenvalue weighted by Gasteiger charge is -2.14. The van der Waals surface area contributed by atoms with Crippen LogP contribution in [0.4, 0.5) is 4.79 Å². The van der Waals surface area contributed by atoms with Crippen LogP contribution in [0.15, 0.2) is 0 Å². The number of carboxylic acid groups (broad SMARTS) is 1. The number of urea groups is 1. The molecule has 2 unspecified atom stereocenters. The summed E-state index contributed by atoms with van der Waals surface area (Å²) >= 11 is 0. The molecule has 0 aliphatic heterocycles. The predicted octanol–water partition coefficient (Wildman–Crippen LogP) is 0.193. The third-order valence-corrected chi connectivity index (χ3v) is 3.18. The van der Waals surface area contributed by atoms with Gasteiger partial charge in [-0.15, -0.1) is 0 Å². The van der Waals surface area contributed by atoms with Gasteiger partial charge in [-0.25, -0.2) is 9.59 Å². The van der Waals surface area contributed by atoms with Gasteiger partial charge in [-0.1, -0.05) is 13.3 Å². The molecule has 0 radical (unpaired) electrons. The van der Waals surface area contributed by atoms with Gasteiger partial charge in [0, 0.05) is 12.5 Å². The van der Waals surface area contributed by atoms with Crippen LogP contribution in [0.2, 0.25) is 0 Å². The maximum absolute atomic E-state index is 11.6. The lowest BCUT2D eigenvalue weighted by molar-refractivity contribution is -0.139. The number of nitrogens with one attached hydrogen (secondary N) is 2. The van der Waals surface area contributed by atoms with Crippen LogP contribution in [0.1, 0.15) is 39.0 Å². The summed E-state index contributed by atoms with van der Waals surface area (Å²) in [6.45, 7) is 2.08. The van der Waals surface area contributed by atoms with E-state index in [4.69, 9.17) is 10.8 Å². The van der Waals surface area contributed by atoms with E-state index in [1.165, 1.54) is 0 Å². The first kappa shape index (κ1) is 15.3. The van der Waals surface area contributed by atoms with Crippen LogP contribution in [0.3, 0.4) is 0 Å². The van der Waals surface area contributed by atoms with Crippen molar-refractivity contribution < 1.29 is 19.5 Å². The average Bonchev–Trinajstić information content (AvgIpc) is 3.02. The molecule has 1 rings (SSSR count). The van der Waals surface area contributed by atoms with Gasteiger partial charge < -0.3 is 21.5 Å². The van der Waals surface area contributed by atoms with E-state index in [0.29, 0.717) is 5.92 Å². The molecule has 3 atom stereocenters. The third-order valence-electron chi connectivity index (χ3n) is 3.18. The van der Waals surface area contributed by atoms with Crippen molar-refractivity contribution in [3.8, 4) is 0 Å². The van der Waals surface area contributed by atoms with Gasteiger partial charge in [0.1, 0.15) is 6.04 Å². The summed E-state index contributed by atoms with van der Waals surface area (Å²) in [7, 11) is 0. The molecule has 1 fully saturated rings. The zero-order valence-corrected chi connectivity index (χ0v) is 11.0. The van der Waals surface area contributed by atoms with Crippen LogP contribution >= 0.6 is 0 Å². The van der Waals surface area contributed by atoms with Crippen molar-refractivity contribution in [2.24, 2.45) is 11.7 Å². The second-order valence-corrected chi connectivity index (χ2v) is 4.90. The molecular formula is C12H21N3O4. The normalized spacial score (nSPS) is 22.4. The van der Waals surface area contributed by atoms with Gasteiger partial charge in [-0.2, -0.15) is 0 Å². The van der Waals surface area contributed by atoms with Gasteiger partial charge >= 0.3 is 12.0 Å². The van der Waals surface area contributed by atoms with Gasteiger partial charge in [0.05, 0.1) is 0 Å². The van der Waals surface area contributed by atoms with Crippen LogP contribution in [-0.4, -0.2) is 35.1 Å². The number of rotatable bonds is 8. The summed E-state index contributed by atoms with van der Waals surface area (Å²) < 4.78 is 0. The van der Waals surface area contributed by atoms with Crippen molar-refractivity contribution in [3.05, 3.63) is 0 Å². The van der Waals surface area contributed by atoms with Gasteiger partial charge in [0.2, 0.25) is 5.91 Å². The number of aliphatic carboxylic acids is 1. The lowest BCUT2D eigenvalue weighted by Crippen LogP contribution is -2.47. The van der Waals surface area contributed by atoms with E-state index < -0.39 is 23.9 Å². The highest BCUT2D eigenvalue weighted by Gasteiger charge is 2.37. The van der Waals surface area contributed by atoms with Crippen LogP contribution < -0.4 is 16.4 Å². The number of nitrogens with two attached hydrogens (primary N) is 1. The molecule has 0 spiro atoms. The molecule has 0 saturated heterocycles. The minimum Gasteiger partial charge on any atom is -0.480 e. The molecule has 0 bridgehead atoms. The SMILES string of the molecule is CCCC1CC1NC(=O)N[C@@H](CCC(N)=O)C(=O)O. The fourth-order valence-corrected chi connectivity index (χ4v) is 2.03. The largest absolute Gasteiger partial charge is 0.480 e. The Balaban J connectivity index is 2.31. The highest BCUT2D eigenvalue weighted by atomic mass is 16.4. The highest BCUT2D eigenvalue weighted by Crippen LogP contribution is 2.34. The van der Waals surface area contributed by atoms with Gasteiger partial charge in [-0.3, -0.25) is 4.79 Å². The molecule has 3 amide bonds. The first-order chi connectivity index (χ1) is 8.93. The third kappa shape index (κ3) is 5.58. The van der Waals surface area contributed by atoms with Gasteiger partial charge in [0.15, 0.2) is 0 Å². The van der Waals surface area contributed by atoms with Crippen LogP contribution in [0.5, 0.6) is 0 Å². The van der Waals surface area contributed by atoms with E-state index >= 15 is 0 Å². The standard InChI is InChI=1S/C12H21N3O4/c1-2-3-7-6-9(7)15-12(19)14-8(11(17)18)4-5-10(13)16/h7-9H,2-6H2,1H3,(H2,13,16)(H,17,18)(H2,14,15,19)/t7?,8-,9?/m0/s1. The second-order valence-electron chi connectivity index (χ2n) is 4.90. The number of carboxylic acids is 1. The van der Waals surface area contributed by atoms with Crippen LogP contribution in [0.25, 0.3) is 0 Å². The molecule has 0 aromatic rings. The van der Waals surface area contributed by atoms with E-state index in [9.17, 15) is 14.4 Å². The van der Waals surface area contributed by atoms with Crippen molar-refractivity contribution in [1.29, 1.82) is 0 Å². The lowest BCUT2D eigenvalue weighted by atomic mass is 10.1. The maximum Gasteiger partial charge on any atom is 0.326 e. The highest BCUT2D eigenvalue weighted by molar-refractivity contribution is 5.83. The maximum atomic E-state index is 11.6. The molecule has 1 aliphatic rings. The van der Waals surface area contributed by atoms with E-state index in [2.05, 4.69) is 17.6 Å². The number of primary amides is 1. The van der Waals surface area contributed by atoms with Gasteiger partial charge in [0.25, 0.3) is 0 Å². The summed E-state index contributed by atoms with van der Waals surface area (Å²) in [6.07, 6.45) is 3.01. The minimum atomic E-state index is -1.17. The Morgan fingerprint density at radius 2 is 2.11 bits per heavy atom. The van der Waals surface area contributed by atoms with E-state index in [-0.39, 0.29) is 18.9 Å². The Labute approximate surface area is 111 Å². The Morgan fingerprint density at radius 3 is 2.63 bits per heavy atom. The minimum absolute atomic E-state index is 0.00113. The van der Waals surface area contributed by atoms with Crippen molar-refractivity contribution in [2.75, 3.05) is 0 Å². The van der Waals surface area contributed by atoms with Crippen molar-refractivity contribution >= 4 is 17.9 Å². The molecule has 108 valence electrons. The summed E-state index contributed by atoms with van der Waals surface area (Å²) in [6, 6.07) is -1.44. The predicted molar refractivity (Wildman–Crippen MR) is 68.3 cm³/mol. The molecule has 7 nitrogen and oxygen atoms in total.